The summed E-state index contributed by atoms with van der Waals surface area (Å²) in [6, 6.07) is 26.9. The van der Waals surface area contributed by atoms with Crippen molar-refractivity contribution in [2.24, 2.45) is 13.0 Å². The summed E-state index contributed by atoms with van der Waals surface area (Å²) < 4.78 is 2.04. The number of aromatic nitrogens is 1. The van der Waals surface area contributed by atoms with Crippen molar-refractivity contribution >= 4 is 17.3 Å². The van der Waals surface area contributed by atoms with Crippen molar-refractivity contribution in [2.45, 2.75) is 52.5 Å². The maximum atomic E-state index is 13.7. The van der Waals surface area contributed by atoms with Crippen LogP contribution >= 0.6 is 0 Å². The van der Waals surface area contributed by atoms with E-state index in [9.17, 15) is 4.79 Å². The lowest BCUT2D eigenvalue weighted by atomic mass is 9.89. The second kappa shape index (κ2) is 15.9. The molecule has 3 aliphatic rings. The first-order valence-corrected chi connectivity index (χ1v) is 19.0. The molecule has 0 aliphatic carbocycles. The zero-order valence-electron chi connectivity index (χ0n) is 30.5. The molecule has 0 saturated carbocycles. The number of hydrogen-bond acceptors (Lipinski definition) is 5. The van der Waals surface area contributed by atoms with Crippen molar-refractivity contribution in [3.63, 3.8) is 0 Å². The van der Waals surface area contributed by atoms with Gasteiger partial charge in [0.2, 0.25) is 0 Å². The number of benzene rings is 3. The SMILES string of the molecule is Cc1ccccc1CCC1CCN(Cc2cc(C(=O)N3CCN(c4cccc(Cc5ccc(N6CCNCC6)c(C)c5)c4)CC3)n(C)c2)CC1. The number of likely N-dealkylation sites (tertiary alicyclic amines) is 1. The van der Waals surface area contributed by atoms with E-state index in [-0.39, 0.29) is 5.91 Å². The Labute approximate surface area is 299 Å². The summed E-state index contributed by atoms with van der Waals surface area (Å²) in [5.74, 6) is 0.964. The molecule has 264 valence electrons. The van der Waals surface area contributed by atoms with Gasteiger partial charge in [0.1, 0.15) is 5.69 Å². The molecule has 4 aromatic rings. The number of aryl methyl sites for hydroxylation is 4. The summed E-state index contributed by atoms with van der Waals surface area (Å²) in [6.07, 6.45) is 8.10. The third-order valence-electron chi connectivity index (χ3n) is 11.4. The molecule has 7 rings (SSSR count). The van der Waals surface area contributed by atoms with Crippen LogP contribution in [0.5, 0.6) is 0 Å². The van der Waals surface area contributed by atoms with E-state index in [4.69, 9.17) is 0 Å². The minimum absolute atomic E-state index is 0.154. The van der Waals surface area contributed by atoms with Crippen LogP contribution in [0.3, 0.4) is 0 Å². The Morgan fingerprint density at radius 3 is 2.26 bits per heavy atom. The lowest BCUT2D eigenvalue weighted by Gasteiger charge is -2.36. The van der Waals surface area contributed by atoms with E-state index < -0.39 is 0 Å². The highest BCUT2D eigenvalue weighted by Crippen LogP contribution is 2.27. The van der Waals surface area contributed by atoms with E-state index in [1.54, 1.807) is 0 Å². The van der Waals surface area contributed by atoms with Crippen molar-refractivity contribution in [3.8, 4) is 0 Å². The minimum Gasteiger partial charge on any atom is -0.369 e. The molecule has 0 unspecified atom stereocenters. The third-order valence-corrected chi connectivity index (χ3v) is 11.4. The van der Waals surface area contributed by atoms with Gasteiger partial charge in [-0.25, -0.2) is 0 Å². The molecular weight excluding hydrogens is 617 g/mol. The van der Waals surface area contributed by atoms with Crippen LogP contribution in [0, 0.1) is 19.8 Å². The first-order chi connectivity index (χ1) is 24.4. The maximum Gasteiger partial charge on any atom is 0.270 e. The standard InChI is InChI=1S/C43H56N6O/c1-33-7-4-5-9-39(33)13-11-35-15-19-46(20-16-35)32-38-30-42(45(3)31-38)43(50)49-25-23-47(24-26-49)40-10-6-8-36(29-40)28-37-12-14-41(34(2)27-37)48-21-17-44-18-22-48/h4-10,12,14,27,29-31,35,44H,11,13,15-26,28,32H2,1-3H3. The van der Waals surface area contributed by atoms with Crippen LogP contribution < -0.4 is 15.1 Å². The fourth-order valence-corrected chi connectivity index (χ4v) is 8.39. The maximum absolute atomic E-state index is 13.7. The molecule has 7 heteroatoms. The molecule has 1 amide bonds. The summed E-state index contributed by atoms with van der Waals surface area (Å²) in [6.45, 7) is 15.1. The highest BCUT2D eigenvalue weighted by Gasteiger charge is 2.26. The summed E-state index contributed by atoms with van der Waals surface area (Å²) in [5, 5.41) is 3.45. The molecule has 3 fully saturated rings. The Kier molecular flexibility index (Phi) is 10.9. The molecule has 4 heterocycles. The van der Waals surface area contributed by atoms with Gasteiger partial charge in [-0.15, -0.1) is 0 Å². The molecule has 0 atom stereocenters. The number of anilines is 2. The van der Waals surface area contributed by atoms with Crippen LogP contribution in [0.2, 0.25) is 0 Å². The monoisotopic (exact) mass is 672 g/mol. The molecular formula is C43H56N6O. The van der Waals surface area contributed by atoms with Crippen molar-refractivity contribution < 1.29 is 4.79 Å². The Morgan fingerprint density at radius 2 is 1.50 bits per heavy atom. The van der Waals surface area contributed by atoms with Crippen molar-refractivity contribution in [2.75, 3.05) is 75.2 Å². The number of hydrogen-bond donors (Lipinski definition) is 1. The van der Waals surface area contributed by atoms with E-state index in [0.717, 1.165) is 90.0 Å². The summed E-state index contributed by atoms with van der Waals surface area (Å²) in [5.41, 5.74) is 11.6. The molecule has 0 radical (unpaired) electrons. The fourth-order valence-electron chi connectivity index (χ4n) is 8.39. The van der Waals surface area contributed by atoms with Gasteiger partial charge in [0, 0.05) is 83.5 Å². The number of nitrogens with zero attached hydrogens (tertiary/aromatic N) is 5. The normalized spacial score (nSPS) is 17.8. The molecule has 0 spiro atoms. The lowest BCUT2D eigenvalue weighted by Crippen LogP contribution is -2.49. The van der Waals surface area contributed by atoms with Crippen LogP contribution in [0.1, 0.15) is 63.1 Å². The summed E-state index contributed by atoms with van der Waals surface area (Å²) in [7, 11) is 2.02. The van der Waals surface area contributed by atoms with Gasteiger partial charge in [-0.05, 0) is 123 Å². The van der Waals surface area contributed by atoms with Crippen molar-refractivity contribution in [3.05, 3.63) is 118 Å². The van der Waals surface area contributed by atoms with Crippen LogP contribution in [0.25, 0.3) is 0 Å². The minimum atomic E-state index is 0.154. The predicted octanol–water partition coefficient (Wildman–Crippen LogP) is 6.45. The predicted molar refractivity (Wildman–Crippen MR) is 207 cm³/mol. The Hall–Kier alpha value is -4.07. The number of nitrogens with one attached hydrogen (secondary N) is 1. The first kappa shape index (κ1) is 34.4. The lowest BCUT2D eigenvalue weighted by molar-refractivity contribution is 0.0737. The highest BCUT2D eigenvalue weighted by molar-refractivity contribution is 5.93. The van der Waals surface area contributed by atoms with E-state index in [0.29, 0.717) is 0 Å². The molecule has 3 aliphatic heterocycles. The third kappa shape index (κ3) is 8.27. The van der Waals surface area contributed by atoms with Crippen molar-refractivity contribution in [1.82, 2.24) is 19.7 Å². The Balaban J connectivity index is 0.883. The zero-order valence-corrected chi connectivity index (χ0v) is 30.5. The zero-order chi connectivity index (χ0) is 34.5. The topological polar surface area (TPSA) is 47.0 Å². The average molecular weight is 673 g/mol. The second-order valence-electron chi connectivity index (χ2n) is 15.0. The first-order valence-electron chi connectivity index (χ1n) is 19.0. The molecule has 7 nitrogen and oxygen atoms in total. The Bertz CT molecular complexity index is 1740. The van der Waals surface area contributed by atoms with Gasteiger partial charge >= 0.3 is 0 Å². The van der Waals surface area contributed by atoms with Gasteiger partial charge in [0.05, 0.1) is 0 Å². The van der Waals surface area contributed by atoms with Crippen LogP contribution in [-0.4, -0.2) is 85.7 Å². The number of piperazine rings is 2. The molecule has 1 N–H and O–H groups in total. The average Bonchev–Trinajstić information content (AvgIpc) is 3.51. The quantitative estimate of drug-likeness (QED) is 0.210. The molecule has 1 aromatic heterocycles. The fraction of sp³-hybridized carbons (Fsp3) is 0.465. The Morgan fingerprint density at radius 1 is 0.740 bits per heavy atom. The number of amides is 1. The van der Waals surface area contributed by atoms with E-state index in [1.165, 1.54) is 70.4 Å². The summed E-state index contributed by atoms with van der Waals surface area (Å²) in [4.78, 5) is 23.3. The molecule has 0 bridgehead atoms. The number of carbonyl (C=O) groups excluding carboxylic acids is 1. The summed E-state index contributed by atoms with van der Waals surface area (Å²) >= 11 is 0. The molecule has 3 saturated heterocycles. The largest absolute Gasteiger partial charge is 0.369 e. The highest BCUT2D eigenvalue weighted by atomic mass is 16.2. The number of carbonyl (C=O) groups is 1. The van der Waals surface area contributed by atoms with Gasteiger partial charge in [0.15, 0.2) is 0 Å². The number of rotatable bonds is 10. The van der Waals surface area contributed by atoms with Crippen LogP contribution in [0.4, 0.5) is 11.4 Å². The van der Waals surface area contributed by atoms with Crippen LogP contribution in [0.15, 0.2) is 79.0 Å². The van der Waals surface area contributed by atoms with Crippen molar-refractivity contribution in [1.29, 1.82) is 0 Å². The van der Waals surface area contributed by atoms with E-state index in [2.05, 4.69) is 113 Å². The smallest absolute Gasteiger partial charge is 0.270 e. The van der Waals surface area contributed by atoms with Gasteiger partial charge < -0.3 is 24.6 Å². The van der Waals surface area contributed by atoms with E-state index in [1.807, 2.05) is 16.5 Å². The molecule has 50 heavy (non-hydrogen) atoms. The van der Waals surface area contributed by atoms with Gasteiger partial charge in [0.25, 0.3) is 5.91 Å². The van der Waals surface area contributed by atoms with Crippen LogP contribution in [-0.2, 0) is 26.4 Å². The van der Waals surface area contributed by atoms with E-state index >= 15 is 0 Å². The van der Waals surface area contributed by atoms with Gasteiger partial charge in [-0.3, -0.25) is 9.69 Å². The van der Waals surface area contributed by atoms with Gasteiger partial charge in [-0.1, -0.05) is 48.5 Å². The van der Waals surface area contributed by atoms with Gasteiger partial charge in [-0.2, -0.15) is 0 Å². The number of piperidine rings is 1. The molecule has 3 aromatic carbocycles. The second-order valence-corrected chi connectivity index (χ2v) is 15.0.